The molecule has 1 N–H and O–H groups in total. The number of imidazole rings is 2. The van der Waals surface area contributed by atoms with Crippen molar-refractivity contribution in [2.24, 2.45) is 0 Å². The number of hydrogen-bond donors (Lipinski definition) is 1. The number of fused-ring (bicyclic) bond motifs is 3. The zero-order valence-corrected chi connectivity index (χ0v) is 13.5. The average molecular weight is 323 g/mol. The van der Waals surface area contributed by atoms with Crippen LogP contribution in [0.1, 0.15) is 13.3 Å². The molecule has 0 saturated heterocycles. The molecule has 0 saturated carbocycles. The van der Waals surface area contributed by atoms with Crippen LogP contribution in [0.15, 0.2) is 41.5 Å². The number of H-pyrrole nitrogens is 1. The number of aromatic amines is 1. The third kappa shape index (κ3) is 2.09. The van der Waals surface area contributed by atoms with E-state index in [2.05, 4.69) is 15.0 Å². The second-order valence-corrected chi connectivity index (χ2v) is 5.57. The molecule has 4 rings (SSSR count). The third-order valence-corrected chi connectivity index (χ3v) is 4.05. The summed E-state index contributed by atoms with van der Waals surface area (Å²) < 4.78 is 8.70. The highest BCUT2D eigenvalue weighted by atomic mass is 16.5. The normalized spacial score (nSPS) is 11.4. The molecule has 0 radical (unpaired) electrons. The molecule has 0 bridgehead atoms. The van der Waals surface area contributed by atoms with Crippen LogP contribution in [0.2, 0.25) is 0 Å². The van der Waals surface area contributed by atoms with E-state index >= 15 is 0 Å². The van der Waals surface area contributed by atoms with Gasteiger partial charge < -0.3 is 9.72 Å². The van der Waals surface area contributed by atoms with Crippen LogP contribution in [0.5, 0.6) is 5.75 Å². The Bertz CT molecular complexity index is 1070. The second-order valence-electron chi connectivity index (χ2n) is 5.57. The summed E-state index contributed by atoms with van der Waals surface area (Å²) in [6, 6.07) is 7.55. The molecule has 122 valence electrons. The average Bonchev–Trinajstić information content (AvgIpc) is 3.25. The van der Waals surface area contributed by atoms with Crippen LogP contribution in [0.25, 0.3) is 28.3 Å². The molecule has 24 heavy (non-hydrogen) atoms. The van der Waals surface area contributed by atoms with Gasteiger partial charge in [-0.15, -0.1) is 0 Å². The maximum Gasteiger partial charge on any atom is 0.280 e. The number of methoxy groups -OCH3 is 1. The molecule has 0 amide bonds. The van der Waals surface area contributed by atoms with Crippen LogP contribution in [-0.4, -0.2) is 31.0 Å². The largest absolute Gasteiger partial charge is 0.497 e. The van der Waals surface area contributed by atoms with Crippen molar-refractivity contribution < 1.29 is 4.74 Å². The van der Waals surface area contributed by atoms with Gasteiger partial charge in [-0.3, -0.25) is 13.8 Å². The topological polar surface area (TPSA) is 77.2 Å². The standard InChI is InChI=1S/C17H17N5O2/c1-3-9-22-16(23)13-15(21-10-8-18-17(21)22)20-14(19-13)11-4-6-12(24-2)7-5-11/h4-8,10H,3,9H2,1-2H3,(H,19,20). The smallest absolute Gasteiger partial charge is 0.280 e. The number of aryl methyl sites for hydroxylation is 1. The number of ether oxygens (including phenoxy) is 1. The summed E-state index contributed by atoms with van der Waals surface area (Å²) in [6.45, 7) is 2.65. The lowest BCUT2D eigenvalue weighted by molar-refractivity contribution is 0.415. The Morgan fingerprint density at radius 3 is 2.75 bits per heavy atom. The van der Waals surface area contributed by atoms with Crippen LogP contribution >= 0.6 is 0 Å². The van der Waals surface area contributed by atoms with Gasteiger partial charge in [-0.25, -0.2) is 9.97 Å². The number of aromatic nitrogens is 5. The van der Waals surface area contributed by atoms with Crippen LogP contribution in [0.3, 0.4) is 0 Å². The zero-order chi connectivity index (χ0) is 16.7. The summed E-state index contributed by atoms with van der Waals surface area (Å²) in [4.78, 5) is 24.9. The van der Waals surface area contributed by atoms with E-state index in [0.29, 0.717) is 29.3 Å². The molecular weight excluding hydrogens is 306 g/mol. The monoisotopic (exact) mass is 323 g/mol. The van der Waals surface area contributed by atoms with E-state index in [4.69, 9.17) is 4.74 Å². The van der Waals surface area contributed by atoms with E-state index in [1.54, 1.807) is 17.9 Å². The van der Waals surface area contributed by atoms with E-state index in [1.165, 1.54) is 0 Å². The predicted octanol–water partition coefficient (Wildman–Crippen LogP) is 2.46. The summed E-state index contributed by atoms with van der Waals surface area (Å²) in [5.74, 6) is 2.04. The molecule has 0 aliphatic rings. The molecule has 4 aromatic rings. The first-order valence-electron chi connectivity index (χ1n) is 7.83. The lowest BCUT2D eigenvalue weighted by Gasteiger charge is -2.05. The Morgan fingerprint density at radius 1 is 1.25 bits per heavy atom. The zero-order valence-electron chi connectivity index (χ0n) is 13.5. The minimum atomic E-state index is -0.0992. The fraction of sp³-hybridized carbons (Fsp3) is 0.235. The maximum atomic E-state index is 12.8. The van der Waals surface area contributed by atoms with Crippen LogP contribution < -0.4 is 10.3 Å². The minimum Gasteiger partial charge on any atom is -0.497 e. The van der Waals surface area contributed by atoms with E-state index in [1.807, 2.05) is 41.8 Å². The molecule has 0 spiro atoms. The first kappa shape index (κ1) is 14.5. The first-order valence-corrected chi connectivity index (χ1v) is 7.83. The third-order valence-electron chi connectivity index (χ3n) is 4.05. The van der Waals surface area contributed by atoms with E-state index in [0.717, 1.165) is 17.7 Å². The van der Waals surface area contributed by atoms with Crippen LogP contribution in [0, 0.1) is 0 Å². The Kier molecular flexibility index (Phi) is 3.34. The molecular formula is C17H17N5O2. The van der Waals surface area contributed by atoms with Crippen molar-refractivity contribution in [1.82, 2.24) is 23.9 Å². The van der Waals surface area contributed by atoms with Crippen molar-refractivity contribution in [3.05, 3.63) is 47.0 Å². The van der Waals surface area contributed by atoms with Crippen molar-refractivity contribution >= 4 is 16.9 Å². The van der Waals surface area contributed by atoms with Crippen molar-refractivity contribution in [3.8, 4) is 17.1 Å². The lowest BCUT2D eigenvalue weighted by atomic mass is 10.2. The summed E-state index contributed by atoms with van der Waals surface area (Å²) in [7, 11) is 1.63. The predicted molar refractivity (Wildman–Crippen MR) is 91.4 cm³/mol. The van der Waals surface area contributed by atoms with Gasteiger partial charge in [0.25, 0.3) is 5.56 Å². The fourth-order valence-corrected chi connectivity index (χ4v) is 2.88. The number of rotatable bonds is 4. The van der Waals surface area contributed by atoms with Gasteiger partial charge in [0.05, 0.1) is 7.11 Å². The summed E-state index contributed by atoms with van der Waals surface area (Å²) in [6.07, 6.45) is 4.36. The Balaban J connectivity index is 1.97. The molecule has 3 aromatic heterocycles. The number of nitrogens with one attached hydrogen (secondary N) is 1. The van der Waals surface area contributed by atoms with Crippen molar-refractivity contribution in [3.63, 3.8) is 0 Å². The quantitative estimate of drug-likeness (QED) is 0.626. The SMILES string of the molecule is CCCn1c(=O)c2[nH]c(-c3ccc(OC)cc3)nc2n2ccnc12. The molecule has 3 heterocycles. The van der Waals surface area contributed by atoms with Gasteiger partial charge in [0, 0.05) is 24.5 Å². The van der Waals surface area contributed by atoms with Crippen LogP contribution in [-0.2, 0) is 6.54 Å². The molecule has 0 atom stereocenters. The van der Waals surface area contributed by atoms with E-state index in [9.17, 15) is 4.79 Å². The van der Waals surface area contributed by atoms with Crippen LogP contribution in [0.4, 0.5) is 0 Å². The maximum absolute atomic E-state index is 12.8. The van der Waals surface area contributed by atoms with Gasteiger partial charge in [0.2, 0.25) is 5.78 Å². The summed E-state index contributed by atoms with van der Waals surface area (Å²) in [5, 5.41) is 0. The Morgan fingerprint density at radius 2 is 2.04 bits per heavy atom. The minimum absolute atomic E-state index is 0.0992. The molecule has 0 aliphatic carbocycles. The number of hydrogen-bond acceptors (Lipinski definition) is 4. The van der Waals surface area contributed by atoms with Crippen molar-refractivity contribution in [2.45, 2.75) is 19.9 Å². The number of benzene rings is 1. The van der Waals surface area contributed by atoms with Gasteiger partial charge in [0.15, 0.2) is 11.2 Å². The van der Waals surface area contributed by atoms with Gasteiger partial charge in [0.1, 0.15) is 11.6 Å². The molecule has 1 aromatic carbocycles. The second kappa shape index (κ2) is 5.52. The fourth-order valence-electron chi connectivity index (χ4n) is 2.88. The summed E-state index contributed by atoms with van der Waals surface area (Å²) >= 11 is 0. The molecule has 0 aliphatic heterocycles. The highest BCUT2D eigenvalue weighted by Gasteiger charge is 2.16. The molecule has 7 heteroatoms. The number of nitrogens with zero attached hydrogens (tertiary/aromatic N) is 4. The van der Waals surface area contributed by atoms with Crippen molar-refractivity contribution in [2.75, 3.05) is 7.11 Å². The lowest BCUT2D eigenvalue weighted by Crippen LogP contribution is -2.23. The van der Waals surface area contributed by atoms with Gasteiger partial charge in [-0.1, -0.05) is 6.92 Å². The highest BCUT2D eigenvalue weighted by molar-refractivity contribution is 5.77. The van der Waals surface area contributed by atoms with E-state index in [-0.39, 0.29) is 5.56 Å². The molecule has 0 unspecified atom stereocenters. The molecule has 7 nitrogen and oxygen atoms in total. The molecule has 0 fully saturated rings. The van der Waals surface area contributed by atoms with Crippen molar-refractivity contribution in [1.29, 1.82) is 0 Å². The van der Waals surface area contributed by atoms with E-state index < -0.39 is 0 Å². The van der Waals surface area contributed by atoms with Gasteiger partial charge >= 0.3 is 0 Å². The highest BCUT2D eigenvalue weighted by Crippen LogP contribution is 2.22. The summed E-state index contributed by atoms with van der Waals surface area (Å²) in [5.41, 5.74) is 1.87. The van der Waals surface area contributed by atoms with Gasteiger partial charge in [-0.05, 0) is 30.7 Å². The Labute approximate surface area is 137 Å². The first-order chi connectivity index (χ1) is 11.7. The Hall–Kier alpha value is -3.09. The van der Waals surface area contributed by atoms with Gasteiger partial charge in [-0.2, -0.15) is 0 Å².